The van der Waals surface area contributed by atoms with Gasteiger partial charge in [0.25, 0.3) is 0 Å². The van der Waals surface area contributed by atoms with Gasteiger partial charge in [0.15, 0.2) is 5.89 Å². The summed E-state index contributed by atoms with van der Waals surface area (Å²) in [6, 6.07) is 10.4. The predicted molar refractivity (Wildman–Crippen MR) is 102 cm³/mol. The first-order valence-corrected chi connectivity index (χ1v) is 9.33. The zero-order valence-corrected chi connectivity index (χ0v) is 15.8. The molecule has 1 aromatic carbocycles. The van der Waals surface area contributed by atoms with Gasteiger partial charge < -0.3 is 14.6 Å². The Bertz CT molecular complexity index is 726. The number of aromatic nitrogens is 1. The van der Waals surface area contributed by atoms with Crippen molar-refractivity contribution in [3.05, 3.63) is 53.2 Å². The molecule has 3 heterocycles. The van der Waals surface area contributed by atoms with E-state index in [9.17, 15) is 4.79 Å². The number of piperidine rings is 1. The molecule has 0 spiro atoms. The molecule has 140 valence electrons. The minimum atomic E-state index is -0.0141. The van der Waals surface area contributed by atoms with Crippen molar-refractivity contribution in [3.63, 3.8) is 0 Å². The number of hydrogen-bond donors (Lipinski definition) is 1. The molecule has 1 amide bonds. The molecule has 0 unspecified atom stereocenters. The molecule has 0 bridgehead atoms. The summed E-state index contributed by atoms with van der Waals surface area (Å²) in [5.41, 5.74) is 2.23. The average molecular weight is 376 g/mol. The third-order valence-corrected chi connectivity index (χ3v) is 5.16. The van der Waals surface area contributed by atoms with Crippen molar-refractivity contribution in [2.75, 3.05) is 13.1 Å². The van der Waals surface area contributed by atoms with Crippen molar-refractivity contribution in [2.24, 2.45) is 0 Å². The summed E-state index contributed by atoms with van der Waals surface area (Å²) in [7, 11) is 0. The molecule has 1 N–H and O–H groups in total. The van der Waals surface area contributed by atoms with Crippen LogP contribution in [0.15, 0.2) is 34.7 Å². The molecule has 5 nitrogen and oxygen atoms in total. The molecule has 2 aromatic rings. The van der Waals surface area contributed by atoms with Crippen molar-refractivity contribution >= 4 is 18.3 Å². The fourth-order valence-corrected chi connectivity index (χ4v) is 3.73. The minimum absolute atomic E-state index is 0. The van der Waals surface area contributed by atoms with E-state index in [-0.39, 0.29) is 24.4 Å². The first-order valence-electron chi connectivity index (χ1n) is 9.33. The standard InChI is InChI=1S/C20H25N3O2.ClH/c24-20(16-8-4-5-12-21-16)23-13-11-18-17(14-23)22-19(25-18)10-9-15-6-2-1-3-7-15;/h1-3,6-7,16,21H,4-5,8-14H2;1H/t16-;/m0./s1. The molecule has 6 heteroatoms. The van der Waals surface area contributed by atoms with Crippen molar-refractivity contribution < 1.29 is 9.21 Å². The Labute approximate surface area is 160 Å². The molecule has 2 aliphatic heterocycles. The second-order valence-electron chi connectivity index (χ2n) is 6.98. The number of benzene rings is 1. The number of fused-ring (bicyclic) bond motifs is 1. The molecule has 0 radical (unpaired) electrons. The second kappa shape index (κ2) is 8.69. The molecule has 4 rings (SSSR count). The molecule has 0 aliphatic carbocycles. The van der Waals surface area contributed by atoms with Crippen LogP contribution < -0.4 is 5.32 Å². The van der Waals surface area contributed by atoms with E-state index in [1.54, 1.807) is 0 Å². The van der Waals surface area contributed by atoms with Gasteiger partial charge in [-0.25, -0.2) is 4.98 Å². The lowest BCUT2D eigenvalue weighted by atomic mass is 10.0. The van der Waals surface area contributed by atoms with Gasteiger partial charge in [0, 0.05) is 19.4 Å². The molecule has 2 aliphatic rings. The van der Waals surface area contributed by atoms with Crippen LogP contribution >= 0.6 is 12.4 Å². The van der Waals surface area contributed by atoms with Gasteiger partial charge in [-0.3, -0.25) is 4.79 Å². The fraction of sp³-hybridized carbons (Fsp3) is 0.500. The third-order valence-electron chi connectivity index (χ3n) is 5.16. The highest BCUT2D eigenvalue weighted by molar-refractivity contribution is 5.85. The number of nitrogens with one attached hydrogen (secondary N) is 1. The first-order chi connectivity index (χ1) is 12.3. The van der Waals surface area contributed by atoms with Crippen LogP contribution in [0.4, 0.5) is 0 Å². The number of rotatable bonds is 4. The normalized spacial score (nSPS) is 19.5. The summed E-state index contributed by atoms with van der Waals surface area (Å²) in [5.74, 6) is 1.97. The summed E-state index contributed by atoms with van der Waals surface area (Å²) in [5, 5.41) is 3.35. The van der Waals surface area contributed by atoms with Crippen molar-refractivity contribution in [1.29, 1.82) is 0 Å². The van der Waals surface area contributed by atoms with Crippen molar-refractivity contribution in [2.45, 2.75) is 51.1 Å². The van der Waals surface area contributed by atoms with Gasteiger partial charge in [0.1, 0.15) is 11.5 Å². The highest BCUT2D eigenvalue weighted by atomic mass is 35.5. The van der Waals surface area contributed by atoms with Crippen LogP contribution in [0.1, 0.15) is 42.2 Å². The van der Waals surface area contributed by atoms with Gasteiger partial charge in [-0.1, -0.05) is 36.8 Å². The Morgan fingerprint density at radius 3 is 2.85 bits per heavy atom. The van der Waals surface area contributed by atoms with Gasteiger partial charge in [-0.05, 0) is 31.4 Å². The number of carbonyl (C=O) groups is 1. The third kappa shape index (κ3) is 4.27. The van der Waals surface area contributed by atoms with E-state index in [0.717, 1.165) is 62.5 Å². The Kier molecular flexibility index (Phi) is 6.33. The minimum Gasteiger partial charge on any atom is -0.445 e. The smallest absolute Gasteiger partial charge is 0.240 e. The summed E-state index contributed by atoms with van der Waals surface area (Å²) < 4.78 is 5.94. The topological polar surface area (TPSA) is 58.4 Å². The molecule has 1 atom stereocenters. The number of amides is 1. The summed E-state index contributed by atoms with van der Waals surface area (Å²) in [6.45, 7) is 2.27. The fourth-order valence-electron chi connectivity index (χ4n) is 3.73. The second-order valence-corrected chi connectivity index (χ2v) is 6.98. The van der Waals surface area contributed by atoms with E-state index in [2.05, 4.69) is 34.6 Å². The van der Waals surface area contributed by atoms with E-state index in [1.807, 2.05) is 11.0 Å². The van der Waals surface area contributed by atoms with Gasteiger partial charge in [0.05, 0.1) is 12.6 Å². The van der Waals surface area contributed by atoms with Crippen LogP contribution in [0.25, 0.3) is 0 Å². The Morgan fingerprint density at radius 2 is 2.08 bits per heavy atom. The maximum absolute atomic E-state index is 12.7. The van der Waals surface area contributed by atoms with E-state index in [0.29, 0.717) is 6.54 Å². The summed E-state index contributed by atoms with van der Waals surface area (Å²) in [6.07, 6.45) is 5.75. The summed E-state index contributed by atoms with van der Waals surface area (Å²) >= 11 is 0. The van der Waals surface area contributed by atoms with E-state index < -0.39 is 0 Å². The average Bonchev–Trinajstić information content (AvgIpc) is 3.09. The predicted octanol–water partition coefficient (Wildman–Crippen LogP) is 2.91. The number of nitrogens with zero attached hydrogens (tertiary/aromatic N) is 2. The monoisotopic (exact) mass is 375 g/mol. The molecule has 1 fully saturated rings. The zero-order chi connectivity index (χ0) is 17.1. The van der Waals surface area contributed by atoms with Crippen LogP contribution in [0.2, 0.25) is 0 Å². The van der Waals surface area contributed by atoms with Crippen molar-refractivity contribution in [1.82, 2.24) is 15.2 Å². The highest BCUT2D eigenvalue weighted by Gasteiger charge is 2.30. The van der Waals surface area contributed by atoms with Crippen LogP contribution in [0, 0.1) is 0 Å². The molecular weight excluding hydrogens is 350 g/mol. The van der Waals surface area contributed by atoms with Gasteiger partial charge in [-0.2, -0.15) is 0 Å². The first kappa shape index (κ1) is 18.9. The number of aryl methyl sites for hydroxylation is 2. The number of halogens is 1. The lowest BCUT2D eigenvalue weighted by Gasteiger charge is -2.31. The van der Waals surface area contributed by atoms with Gasteiger partial charge >= 0.3 is 0 Å². The van der Waals surface area contributed by atoms with Crippen LogP contribution in [0.5, 0.6) is 0 Å². The Morgan fingerprint density at radius 1 is 1.23 bits per heavy atom. The Balaban J connectivity index is 0.00000196. The molecular formula is C20H26ClN3O2. The highest BCUT2D eigenvalue weighted by Crippen LogP contribution is 2.22. The number of oxazole rings is 1. The number of carbonyl (C=O) groups excluding carboxylic acids is 1. The number of hydrogen-bond acceptors (Lipinski definition) is 4. The van der Waals surface area contributed by atoms with E-state index in [1.165, 1.54) is 12.0 Å². The van der Waals surface area contributed by atoms with E-state index >= 15 is 0 Å². The Hall–Kier alpha value is -1.85. The largest absolute Gasteiger partial charge is 0.445 e. The van der Waals surface area contributed by atoms with Crippen LogP contribution in [-0.2, 0) is 30.6 Å². The maximum Gasteiger partial charge on any atom is 0.240 e. The van der Waals surface area contributed by atoms with Gasteiger partial charge in [0.2, 0.25) is 5.91 Å². The lowest BCUT2D eigenvalue weighted by molar-refractivity contribution is -0.135. The lowest BCUT2D eigenvalue weighted by Crippen LogP contribution is -2.49. The van der Waals surface area contributed by atoms with Crippen LogP contribution in [-0.4, -0.2) is 34.9 Å². The molecule has 1 aromatic heterocycles. The molecule has 0 saturated carbocycles. The van der Waals surface area contributed by atoms with Crippen molar-refractivity contribution in [3.8, 4) is 0 Å². The quantitative estimate of drug-likeness (QED) is 0.892. The summed E-state index contributed by atoms with van der Waals surface area (Å²) in [4.78, 5) is 19.3. The van der Waals surface area contributed by atoms with E-state index in [4.69, 9.17) is 4.42 Å². The van der Waals surface area contributed by atoms with Crippen LogP contribution in [0.3, 0.4) is 0 Å². The molecule has 26 heavy (non-hydrogen) atoms. The molecule has 1 saturated heterocycles. The maximum atomic E-state index is 12.7. The zero-order valence-electron chi connectivity index (χ0n) is 14.9. The SMILES string of the molecule is Cl.O=C([C@@H]1CCCCN1)N1CCc2oc(CCc3ccccc3)nc2C1. The van der Waals surface area contributed by atoms with Gasteiger partial charge in [-0.15, -0.1) is 12.4 Å².